The van der Waals surface area contributed by atoms with Crippen LogP contribution < -0.4 is 15.7 Å². The van der Waals surface area contributed by atoms with Gasteiger partial charge in [-0.2, -0.15) is 0 Å². The number of carboxylic acid groups (broad SMARTS) is 1. The van der Waals surface area contributed by atoms with Gasteiger partial charge in [-0.15, -0.1) is 0 Å². The molecule has 2 heterocycles. The average Bonchev–Trinajstić information content (AvgIpc) is 3.46. The third-order valence-corrected chi connectivity index (χ3v) is 6.49. The molecule has 35 heavy (non-hydrogen) atoms. The third-order valence-electron chi connectivity index (χ3n) is 6.19. The number of aromatic nitrogens is 1. The molecule has 1 amide bonds. The van der Waals surface area contributed by atoms with E-state index in [4.69, 9.17) is 20.8 Å². The van der Waals surface area contributed by atoms with Crippen LogP contribution >= 0.6 is 11.6 Å². The van der Waals surface area contributed by atoms with Gasteiger partial charge in [-0.1, -0.05) is 11.6 Å². The maximum absolute atomic E-state index is 12.5. The summed E-state index contributed by atoms with van der Waals surface area (Å²) in [5.74, 6) is -1.68. The van der Waals surface area contributed by atoms with Crippen LogP contribution in [0.15, 0.2) is 45.7 Å². The first-order valence-corrected chi connectivity index (χ1v) is 11.4. The summed E-state index contributed by atoms with van der Waals surface area (Å²) in [7, 11) is 0. The number of rotatable bonds is 7. The van der Waals surface area contributed by atoms with Gasteiger partial charge < -0.3 is 29.7 Å². The second-order valence-corrected chi connectivity index (χ2v) is 8.88. The summed E-state index contributed by atoms with van der Waals surface area (Å²) >= 11 is 6.35. The number of amides is 1. The molecular weight excluding hydrogens is 476 g/mol. The van der Waals surface area contributed by atoms with Crippen molar-refractivity contribution in [2.45, 2.75) is 31.7 Å². The summed E-state index contributed by atoms with van der Waals surface area (Å²) in [4.78, 5) is 39.5. The molecule has 0 bridgehead atoms. The fourth-order valence-corrected chi connectivity index (χ4v) is 4.75. The number of phenolic OH excluding ortho intramolecular Hbond substituents is 1. The SMILES string of the molecule is O=C(COc1cc2oc(=O)c3c(c2cc1Cl)CCC3)N[C@@H](Cc1c[nH]c2ccc(O)cc12)C(=O)O. The molecule has 10 heteroatoms. The van der Waals surface area contributed by atoms with Crippen LogP contribution in [0.25, 0.3) is 21.9 Å². The van der Waals surface area contributed by atoms with Crippen LogP contribution in [0.4, 0.5) is 0 Å². The monoisotopic (exact) mass is 496 g/mol. The highest BCUT2D eigenvalue weighted by Gasteiger charge is 2.24. The zero-order valence-electron chi connectivity index (χ0n) is 18.4. The highest BCUT2D eigenvalue weighted by molar-refractivity contribution is 6.32. The maximum Gasteiger partial charge on any atom is 0.339 e. The topological polar surface area (TPSA) is 142 Å². The van der Waals surface area contributed by atoms with Crippen LogP contribution in [0.5, 0.6) is 11.5 Å². The Kier molecular flexibility index (Phi) is 5.86. The van der Waals surface area contributed by atoms with E-state index in [1.54, 1.807) is 18.3 Å². The summed E-state index contributed by atoms with van der Waals surface area (Å²) in [5, 5.41) is 23.5. The molecule has 9 nitrogen and oxygen atoms in total. The Morgan fingerprint density at radius 2 is 1.97 bits per heavy atom. The molecule has 0 fully saturated rings. The van der Waals surface area contributed by atoms with Gasteiger partial charge in [0.2, 0.25) is 0 Å². The van der Waals surface area contributed by atoms with Crippen molar-refractivity contribution in [1.29, 1.82) is 0 Å². The second kappa shape index (κ2) is 8.99. The zero-order valence-corrected chi connectivity index (χ0v) is 19.1. The Morgan fingerprint density at radius 3 is 2.77 bits per heavy atom. The first kappa shape index (κ1) is 22.8. The van der Waals surface area contributed by atoms with Crippen molar-refractivity contribution in [2.75, 3.05) is 6.61 Å². The second-order valence-electron chi connectivity index (χ2n) is 8.47. The molecule has 0 radical (unpaired) electrons. The number of hydrogen-bond acceptors (Lipinski definition) is 6. The molecular formula is C25H21ClN2O7. The lowest BCUT2D eigenvalue weighted by Gasteiger charge is -2.15. The van der Waals surface area contributed by atoms with Crippen molar-refractivity contribution >= 4 is 45.3 Å². The number of aryl methyl sites for hydroxylation is 1. The smallest absolute Gasteiger partial charge is 0.339 e. The Labute approximate surface area is 203 Å². The lowest BCUT2D eigenvalue weighted by molar-refractivity contribution is -0.142. The number of aliphatic carboxylic acids is 1. The van der Waals surface area contributed by atoms with Crippen molar-refractivity contribution in [3.63, 3.8) is 0 Å². The number of carbonyl (C=O) groups excluding carboxylic acids is 1. The summed E-state index contributed by atoms with van der Waals surface area (Å²) in [6.45, 7) is -0.487. The number of nitrogens with one attached hydrogen (secondary N) is 2. The Hall–Kier alpha value is -3.98. The van der Waals surface area contributed by atoms with E-state index in [0.29, 0.717) is 28.5 Å². The van der Waals surface area contributed by atoms with Crippen LogP contribution in [-0.2, 0) is 28.9 Å². The number of hydrogen-bond donors (Lipinski definition) is 4. The molecule has 1 atom stereocenters. The quantitative estimate of drug-likeness (QED) is 0.287. The molecule has 180 valence electrons. The first-order chi connectivity index (χ1) is 16.8. The fourth-order valence-electron chi connectivity index (χ4n) is 4.53. The van der Waals surface area contributed by atoms with E-state index in [0.717, 1.165) is 29.3 Å². The number of H-pyrrole nitrogens is 1. The van der Waals surface area contributed by atoms with E-state index in [1.165, 1.54) is 18.2 Å². The Morgan fingerprint density at radius 1 is 1.17 bits per heavy atom. The van der Waals surface area contributed by atoms with E-state index < -0.39 is 24.5 Å². The van der Waals surface area contributed by atoms with E-state index in [2.05, 4.69) is 10.3 Å². The van der Waals surface area contributed by atoms with Crippen LogP contribution in [0.1, 0.15) is 23.1 Å². The minimum absolute atomic E-state index is 0.00246. The molecule has 2 aromatic heterocycles. The first-order valence-electron chi connectivity index (χ1n) is 11.0. The molecule has 1 aliphatic rings. The van der Waals surface area contributed by atoms with E-state index in [-0.39, 0.29) is 28.6 Å². The minimum atomic E-state index is -1.22. The molecule has 0 saturated carbocycles. The normalized spacial score (nSPS) is 13.6. The van der Waals surface area contributed by atoms with Crippen molar-refractivity contribution in [2.24, 2.45) is 0 Å². The predicted octanol–water partition coefficient (Wildman–Crippen LogP) is 3.31. The molecule has 5 rings (SSSR count). The number of phenols is 1. The summed E-state index contributed by atoms with van der Waals surface area (Å²) in [6.07, 6.45) is 3.95. The Bertz CT molecular complexity index is 1540. The highest BCUT2D eigenvalue weighted by atomic mass is 35.5. The maximum atomic E-state index is 12.5. The summed E-state index contributed by atoms with van der Waals surface area (Å²) in [5.41, 5.74) is 2.90. The van der Waals surface area contributed by atoms with Crippen molar-refractivity contribution < 1.29 is 29.0 Å². The number of carboxylic acids is 1. The Balaban J connectivity index is 1.29. The van der Waals surface area contributed by atoms with Gasteiger partial charge in [0.25, 0.3) is 5.91 Å². The third kappa shape index (κ3) is 4.42. The number of ether oxygens (including phenoxy) is 1. The van der Waals surface area contributed by atoms with Crippen molar-refractivity contribution in [1.82, 2.24) is 10.3 Å². The predicted molar refractivity (Wildman–Crippen MR) is 128 cm³/mol. The number of benzene rings is 2. The van der Waals surface area contributed by atoms with Gasteiger partial charge in [-0.25, -0.2) is 9.59 Å². The summed E-state index contributed by atoms with van der Waals surface area (Å²) < 4.78 is 10.9. The van der Waals surface area contributed by atoms with E-state index in [9.17, 15) is 24.6 Å². The van der Waals surface area contributed by atoms with Gasteiger partial charge in [-0.05, 0) is 54.7 Å². The molecule has 2 aromatic carbocycles. The molecule has 1 aliphatic carbocycles. The molecule has 0 aliphatic heterocycles. The molecule has 4 aromatic rings. The highest BCUT2D eigenvalue weighted by Crippen LogP contribution is 2.34. The van der Waals surface area contributed by atoms with Crippen LogP contribution in [0, 0.1) is 0 Å². The van der Waals surface area contributed by atoms with Crippen molar-refractivity contribution in [3.8, 4) is 11.5 Å². The fraction of sp³-hybridized carbons (Fsp3) is 0.240. The number of carbonyl (C=O) groups is 2. The van der Waals surface area contributed by atoms with Gasteiger partial charge >= 0.3 is 11.6 Å². The van der Waals surface area contributed by atoms with Crippen LogP contribution in [0.3, 0.4) is 0 Å². The summed E-state index contributed by atoms with van der Waals surface area (Å²) in [6, 6.07) is 6.63. The molecule has 0 unspecified atom stereocenters. The number of aromatic amines is 1. The zero-order chi connectivity index (χ0) is 24.7. The van der Waals surface area contributed by atoms with Gasteiger partial charge in [0.1, 0.15) is 23.1 Å². The number of fused-ring (bicyclic) bond motifs is 4. The van der Waals surface area contributed by atoms with Gasteiger partial charge in [0.05, 0.1) is 5.02 Å². The number of aromatic hydroxyl groups is 1. The number of halogens is 1. The van der Waals surface area contributed by atoms with Crippen LogP contribution in [-0.4, -0.2) is 39.7 Å². The lowest BCUT2D eigenvalue weighted by Crippen LogP contribution is -2.44. The van der Waals surface area contributed by atoms with Crippen molar-refractivity contribution in [3.05, 3.63) is 68.7 Å². The van der Waals surface area contributed by atoms with Gasteiger partial charge in [-0.3, -0.25) is 4.79 Å². The van der Waals surface area contributed by atoms with Gasteiger partial charge in [0, 0.05) is 40.5 Å². The minimum Gasteiger partial charge on any atom is -0.508 e. The van der Waals surface area contributed by atoms with Crippen LogP contribution in [0.2, 0.25) is 5.02 Å². The molecule has 4 N–H and O–H groups in total. The largest absolute Gasteiger partial charge is 0.508 e. The van der Waals surface area contributed by atoms with E-state index in [1.807, 2.05) is 0 Å². The van der Waals surface area contributed by atoms with E-state index >= 15 is 0 Å². The molecule has 0 spiro atoms. The molecule has 0 saturated heterocycles. The average molecular weight is 497 g/mol. The van der Waals surface area contributed by atoms with Gasteiger partial charge in [0.15, 0.2) is 6.61 Å². The lowest BCUT2D eigenvalue weighted by atomic mass is 10.0. The standard InChI is InChI=1S/C25H21ClN2O7/c26-18-8-17-14-2-1-3-15(14)25(33)35-21(17)9-22(18)34-11-23(30)28-20(24(31)32)6-12-10-27-19-5-4-13(29)7-16(12)19/h4-5,7-10,20,27,29H,1-3,6,11H2,(H,28,30)(H,31,32)/t20-/m0/s1.